The van der Waals surface area contributed by atoms with Crippen LogP contribution < -0.4 is 4.90 Å². The number of anilines is 1. The van der Waals surface area contributed by atoms with E-state index in [1.807, 2.05) is 30.1 Å². The highest BCUT2D eigenvalue weighted by Gasteiger charge is 2.29. The second-order valence-corrected chi connectivity index (χ2v) is 6.64. The highest BCUT2D eigenvalue weighted by Crippen LogP contribution is 2.26. The molecular weight excluding hydrogens is 286 g/mol. The number of nitrogens with zero attached hydrogens (tertiary/aromatic N) is 3. The van der Waals surface area contributed by atoms with Crippen molar-refractivity contribution in [3.05, 3.63) is 36.5 Å². The Morgan fingerprint density at radius 2 is 1.91 bits per heavy atom. The Morgan fingerprint density at radius 1 is 1.22 bits per heavy atom. The van der Waals surface area contributed by atoms with Crippen molar-refractivity contribution >= 4 is 22.5 Å². The Labute approximate surface area is 138 Å². The lowest BCUT2D eigenvalue weighted by Crippen LogP contribution is -2.50. The summed E-state index contributed by atoms with van der Waals surface area (Å²) in [6, 6.07) is 10.8. The maximum absolute atomic E-state index is 12.8. The topological polar surface area (TPSA) is 36.4 Å². The molecule has 4 nitrogen and oxygen atoms in total. The van der Waals surface area contributed by atoms with Crippen LogP contribution in [0.25, 0.3) is 10.9 Å². The smallest absolute Gasteiger partial charge is 0.242 e. The van der Waals surface area contributed by atoms with Crippen LogP contribution in [0.3, 0.4) is 0 Å². The first kappa shape index (κ1) is 15.8. The first-order chi connectivity index (χ1) is 11.1. The van der Waals surface area contributed by atoms with E-state index in [0.29, 0.717) is 18.6 Å². The lowest BCUT2D eigenvalue weighted by atomic mass is 9.97. The molecule has 0 radical (unpaired) electrons. The minimum atomic E-state index is 0.208. The molecule has 0 spiro atoms. The van der Waals surface area contributed by atoms with Crippen molar-refractivity contribution in [2.24, 2.45) is 0 Å². The van der Waals surface area contributed by atoms with E-state index in [-0.39, 0.29) is 5.91 Å². The molecule has 23 heavy (non-hydrogen) atoms. The van der Waals surface area contributed by atoms with Gasteiger partial charge in [0.25, 0.3) is 0 Å². The van der Waals surface area contributed by atoms with Gasteiger partial charge in [0, 0.05) is 30.7 Å². The largest absolute Gasteiger partial charge is 0.364 e. The molecule has 2 aromatic rings. The second-order valence-electron chi connectivity index (χ2n) is 6.64. The third-order valence-electron chi connectivity index (χ3n) is 4.88. The zero-order chi connectivity index (χ0) is 16.4. The fourth-order valence-electron chi connectivity index (χ4n) is 3.68. The zero-order valence-corrected chi connectivity index (χ0v) is 14.2. The highest BCUT2D eigenvalue weighted by atomic mass is 16.2. The fourth-order valence-corrected chi connectivity index (χ4v) is 3.68. The van der Waals surface area contributed by atoms with Crippen molar-refractivity contribution in [1.29, 1.82) is 0 Å². The summed E-state index contributed by atoms with van der Waals surface area (Å²) in [5, 5.41) is 1.10. The summed E-state index contributed by atoms with van der Waals surface area (Å²) < 4.78 is 0. The molecule has 0 bridgehead atoms. The molecule has 1 aliphatic heterocycles. The molecule has 122 valence electrons. The van der Waals surface area contributed by atoms with Crippen molar-refractivity contribution in [2.75, 3.05) is 18.5 Å². The molecule has 1 saturated heterocycles. The van der Waals surface area contributed by atoms with Crippen molar-refractivity contribution in [1.82, 2.24) is 9.88 Å². The summed E-state index contributed by atoms with van der Waals surface area (Å²) in [7, 11) is 1.97. The Morgan fingerprint density at radius 3 is 2.65 bits per heavy atom. The number of para-hydroxylation sites is 1. The van der Waals surface area contributed by atoms with Crippen molar-refractivity contribution < 1.29 is 4.79 Å². The van der Waals surface area contributed by atoms with E-state index in [9.17, 15) is 4.79 Å². The normalized spacial score (nSPS) is 21.4. The van der Waals surface area contributed by atoms with E-state index < -0.39 is 0 Å². The monoisotopic (exact) mass is 311 g/mol. The van der Waals surface area contributed by atoms with E-state index in [1.165, 1.54) is 6.42 Å². The van der Waals surface area contributed by atoms with Gasteiger partial charge < -0.3 is 9.80 Å². The van der Waals surface area contributed by atoms with E-state index in [1.54, 1.807) is 6.20 Å². The summed E-state index contributed by atoms with van der Waals surface area (Å²) in [6.45, 7) is 4.71. The molecule has 1 amide bonds. The van der Waals surface area contributed by atoms with E-state index in [0.717, 1.165) is 29.4 Å². The summed E-state index contributed by atoms with van der Waals surface area (Å²) in [5.41, 5.74) is 1.96. The maximum atomic E-state index is 12.8. The molecular formula is C19H25N3O. The predicted octanol–water partition coefficient (Wildman–Crippen LogP) is 3.46. The number of aromatic nitrogens is 1. The van der Waals surface area contributed by atoms with Gasteiger partial charge >= 0.3 is 0 Å². The standard InChI is InChI=1S/C19H25N3O/c1-14-7-4-8-15(2)22(14)18(23)13-21(3)17-11-5-9-16-10-6-12-20-19(16)17/h5-6,9-12,14-15H,4,7-8,13H2,1-3H3/t14-,15+. The number of hydrogen-bond acceptors (Lipinski definition) is 3. The van der Waals surface area contributed by atoms with Gasteiger partial charge in [-0.2, -0.15) is 0 Å². The van der Waals surface area contributed by atoms with Crippen LogP contribution >= 0.6 is 0 Å². The quantitative estimate of drug-likeness (QED) is 0.871. The summed E-state index contributed by atoms with van der Waals surface area (Å²) in [5.74, 6) is 0.208. The molecule has 0 N–H and O–H groups in total. The third kappa shape index (κ3) is 3.16. The Balaban J connectivity index is 1.80. The molecule has 2 atom stereocenters. The maximum Gasteiger partial charge on any atom is 0.242 e. The van der Waals surface area contributed by atoms with Crippen molar-refractivity contribution in [3.63, 3.8) is 0 Å². The van der Waals surface area contributed by atoms with Gasteiger partial charge in [-0.3, -0.25) is 9.78 Å². The number of carbonyl (C=O) groups excluding carboxylic acids is 1. The Hall–Kier alpha value is -2.10. The molecule has 0 unspecified atom stereocenters. The number of likely N-dealkylation sites (tertiary alicyclic amines) is 1. The average Bonchev–Trinajstić information content (AvgIpc) is 2.54. The van der Waals surface area contributed by atoms with Gasteiger partial charge in [-0.05, 0) is 45.2 Å². The first-order valence-corrected chi connectivity index (χ1v) is 8.44. The fraction of sp³-hybridized carbons (Fsp3) is 0.474. The van der Waals surface area contributed by atoms with Gasteiger partial charge in [0.1, 0.15) is 0 Å². The Kier molecular flexibility index (Phi) is 4.51. The number of likely N-dealkylation sites (N-methyl/N-ethyl adjacent to an activating group) is 1. The SMILES string of the molecule is C[C@@H]1CCC[C@H](C)N1C(=O)CN(C)c1cccc2cccnc12. The van der Waals surface area contributed by atoms with Gasteiger partial charge in [-0.1, -0.05) is 18.2 Å². The van der Waals surface area contributed by atoms with Crippen LogP contribution in [0.5, 0.6) is 0 Å². The number of carbonyl (C=O) groups is 1. The highest BCUT2D eigenvalue weighted by molar-refractivity contribution is 5.92. The molecule has 1 fully saturated rings. The second kappa shape index (κ2) is 6.57. The molecule has 3 rings (SSSR count). The Bertz CT molecular complexity index is 685. The minimum Gasteiger partial charge on any atom is -0.364 e. The van der Waals surface area contributed by atoms with E-state index >= 15 is 0 Å². The van der Waals surface area contributed by atoms with Gasteiger partial charge in [0.2, 0.25) is 5.91 Å². The number of hydrogen-bond donors (Lipinski definition) is 0. The van der Waals surface area contributed by atoms with Crippen LogP contribution in [-0.2, 0) is 4.79 Å². The van der Waals surface area contributed by atoms with Gasteiger partial charge in [0.05, 0.1) is 17.7 Å². The first-order valence-electron chi connectivity index (χ1n) is 8.44. The number of benzene rings is 1. The summed E-state index contributed by atoms with van der Waals surface area (Å²) in [4.78, 5) is 21.4. The third-order valence-corrected chi connectivity index (χ3v) is 4.88. The van der Waals surface area contributed by atoms with Gasteiger partial charge in [0.15, 0.2) is 0 Å². The van der Waals surface area contributed by atoms with Crippen LogP contribution in [0.2, 0.25) is 0 Å². The lowest BCUT2D eigenvalue weighted by molar-refractivity contribution is -0.135. The number of amides is 1. The minimum absolute atomic E-state index is 0.208. The lowest BCUT2D eigenvalue weighted by Gasteiger charge is -2.40. The van der Waals surface area contributed by atoms with Gasteiger partial charge in [-0.15, -0.1) is 0 Å². The molecule has 0 saturated carbocycles. The van der Waals surface area contributed by atoms with Crippen LogP contribution in [0.1, 0.15) is 33.1 Å². The number of rotatable bonds is 3. The van der Waals surface area contributed by atoms with Crippen molar-refractivity contribution in [2.45, 2.75) is 45.2 Å². The molecule has 1 aromatic carbocycles. The number of piperidine rings is 1. The van der Waals surface area contributed by atoms with Crippen LogP contribution in [0.4, 0.5) is 5.69 Å². The van der Waals surface area contributed by atoms with Crippen LogP contribution in [-0.4, -0.2) is 41.5 Å². The van der Waals surface area contributed by atoms with E-state index in [2.05, 4.69) is 35.9 Å². The average molecular weight is 311 g/mol. The zero-order valence-electron chi connectivity index (χ0n) is 14.2. The molecule has 2 heterocycles. The molecule has 4 heteroatoms. The summed E-state index contributed by atoms with van der Waals surface area (Å²) >= 11 is 0. The molecule has 1 aliphatic rings. The number of fused-ring (bicyclic) bond motifs is 1. The van der Waals surface area contributed by atoms with Crippen LogP contribution in [0, 0.1) is 0 Å². The van der Waals surface area contributed by atoms with E-state index in [4.69, 9.17) is 0 Å². The van der Waals surface area contributed by atoms with Gasteiger partial charge in [-0.25, -0.2) is 0 Å². The number of pyridine rings is 1. The van der Waals surface area contributed by atoms with Crippen molar-refractivity contribution in [3.8, 4) is 0 Å². The summed E-state index contributed by atoms with van der Waals surface area (Å²) in [6.07, 6.45) is 5.23. The van der Waals surface area contributed by atoms with Crippen LogP contribution in [0.15, 0.2) is 36.5 Å². The predicted molar refractivity (Wildman–Crippen MR) is 94.6 cm³/mol. The molecule has 0 aliphatic carbocycles. The molecule has 1 aromatic heterocycles.